The maximum atomic E-state index is 13.2. The number of hydrogen-bond donors (Lipinski definition) is 1. The fourth-order valence-electron chi connectivity index (χ4n) is 3.33. The highest BCUT2D eigenvalue weighted by molar-refractivity contribution is 5.87. The molecule has 2 aromatic rings. The lowest BCUT2D eigenvalue weighted by molar-refractivity contribution is -0.141. The Morgan fingerprint density at radius 1 is 0.967 bits per heavy atom. The number of amides is 2. The van der Waals surface area contributed by atoms with Gasteiger partial charge in [-0.05, 0) is 49.4 Å². The number of rotatable bonds is 11. The molecular formula is C25H34N2O3. The van der Waals surface area contributed by atoms with Crippen molar-refractivity contribution in [2.24, 2.45) is 0 Å². The van der Waals surface area contributed by atoms with E-state index in [4.69, 9.17) is 4.74 Å². The van der Waals surface area contributed by atoms with Crippen molar-refractivity contribution in [3.05, 3.63) is 65.7 Å². The van der Waals surface area contributed by atoms with Gasteiger partial charge in [0.15, 0.2) is 0 Å². The van der Waals surface area contributed by atoms with E-state index < -0.39 is 6.04 Å². The summed E-state index contributed by atoms with van der Waals surface area (Å²) in [5, 5.41) is 3.04. The summed E-state index contributed by atoms with van der Waals surface area (Å²) in [6.45, 7) is 6.36. The van der Waals surface area contributed by atoms with Crippen molar-refractivity contribution < 1.29 is 14.3 Å². The highest BCUT2D eigenvalue weighted by Crippen LogP contribution is 2.18. The second kappa shape index (κ2) is 12.0. The fraction of sp³-hybridized carbons (Fsp3) is 0.440. The molecule has 30 heavy (non-hydrogen) atoms. The van der Waals surface area contributed by atoms with Crippen molar-refractivity contribution in [2.45, 2.75) is 65.1 Å². The molecule has 0 aliphatic carbocycles. The van der Waals surface area contributed by atoms with E-state index in [0.717, 1.165) is 23.3 Å². The molecule has 2 rings (SSSR count). The number of methoxy groups -OCH3 is 1. The van der Waals surface area contributed by atoms with Crippen molar-refractivity contribution in [3.8, 4) is 5.75 Å². The molecule has 0 radical (unpaired) electrons. The van der Waals surface area contributed by atoms with Gasteiger partial charge in [-0.15, -0.1) is 0 Å². The Bertz CT molecular complexity index is 790. The average Bonchev–Trinajstić information content (AvgIpc) is 2.78. The predicted octanol–water partition coefficient (Wildman–Crippen LogP) is 4.35. The third-order valence-electron chi connectivity index (χ3n) is 5.37. The zero-order valence-electron chi connectivity index (χ0n) is 18.6. The van der Waals surface area contributed by atoms with Crippen LogP contribution in [0, 0.1) is 0 Å². The zero-order valence-corrected chi connectivity index (χ0v) is 18.6. The van der Waals surface area contributed by atoms with Crippen LogP contribution < -0.4 is 10.1 Å². The maximum absolute atomic E-state index is 13.2. The lowest BCUT2D eigenvalue weighted by Crippen LogP contribution is -2.50. The molecule has 0 saturated heterocycles. The van der Waals surface area contributed by atoms with Crippen LogP contribution in [-0.4, -0.2) is 35.9 Å². The van der Waals surface area contributed by atoms with E-state index in [1.54, 1.807) is 12.0 Å². The monoisotopic (exact) mass is 410 g/mol. The zero-order chi connectivity index (χ0) is 21.9. The van der Waals surface area contributed by atoms with Gasteiger partial charge in [-0.2, -0.15) is 0 Å². The Morgan fingerprint density at radius 2 is 1.63 bits per heavy atom. The third-order valence-corrected chi connectivity index (χ3v) is 5.37. The van der Waals surface area contributed by atoms with Crippen LogP contribution in [0.25, 0.3) is 0 Å². The van der Waals surface area contributed by atoms with E-state index in [1.165, 1.54) is 0 Å². The number of benzene rings is 2. The summed E-state index contributed by atoms with van der Waals surface area (Å²) in [5.74, 6) is 0.663. The SMILES string of the molecule is CC[C@@H](C)NC(=O)[C@@H](CC)N(Cc1ccc(OC)cc1)C(=O)CCc1ccccc1. The molecule has 0 saturated carbocycles. The molecular weight excluding hydrogens is 376 g/mol. The molecule has 0 heterocycles. The Kier molecular flexibility index (Phi) is 9.39. The summed E-state index contributed by atoms with van der Waals surface area (Å²) in [7, 11) is 1.63. The molecule has 0 aromatic heterocycles. The molecule has 2 aromatic carbocycles. The molecule has 0 fully saturated rings. The van der Waals surface area contributed by atoms with Gasteiger partial charge < -0.3 is 15.0 Å². The van der Waals surface area contributed by atoms with Crippen molar-refractivity contribution in [3.63, 3.8) is 0 Å². The van der Waals surface area contributed by atoms with Gasteiger partial charge in [-0.25, -0.2) is 0 Å². The first kappa shape index (κ1) is 23.5. The minimum Gasteiger partial charge on any atom is -0.497 e. The largest absolute Gasteiger partial charge is 0.497 e. The Morgan fingerprint density at radius 3 is 2.20 bits per heavy atom. The van der Waals surface area contributed by atoms with Gasteiger partial charge in [0, 0.05) is 19.0 Å². The number of carbonyl (C=O) groups is 2. The quantitative estimate of drug-likeness (QED) is 0.599. The van der Waals surface area contributed by atoms with Gasteiger partial charge in [-0.1, -0.05) is 56.3 Å². The third kappa shape index (κ3) is 6.90. The first-order valence-electron chi connectivity index (χ1n) is 10.7. The van der Waals surface area contributed by atoms with E-state index in [-0.39, 0.29) is 17.9 Å². The van der Waals surface area contributed by atoms with Crippen LogP contribution in [-0.2, 0) is 22.6 Å². The van der Waals surface area contributed by atoms with Crippen LogP contribution in [0.5, 0.6) is 5.75 Å². The van der Waals surface area contributed by atoms with Crippen LogP contribution in [0.2, 0.25) is 0 Å². The molecule has 0 bridgehead atoms. The van der Waals surface area contributed by atoms with Gasteiger partial charge >= 0.3 is 0 Å². The summed E-state index contributed by atoms with van der Waals surface area (Å²) >= 11 is 0. The van der Waals surface area contributed by atoms with Crippen LogP contribution in [0.4, 0.5) is 0 Å². The fourth-order valence-corrected chi connectivity index (χ4v) is 3.33. The van der Waals surface area contributed by atoms with Gasteiger partial charge in [0.2, 0.25) is 11.8 Å². The Labute approximate surface area is 180 Å². The molecule has 1 N–H and O–H groups in total. The van der Waals surface area contributed by atoms with Gasteiger partial charge in [0.1, 0.15) is 11.8 Å². The maximum Gasteiger partial charge on any atom is 0.243 e. The second-order valence-electron chi connectivity index (χ2n) is 7.60. The lowest BCUT2D eigenvalue weighted by atomic mass is 10.1. The number of hydrogen-bond acceptors (Lipinski definition) is 3. The van der Waals surface area contributed by atoms with Gasteiger partial charge in [-0.3, -0.25) is 9.59 Å². The van der Waals surface area contributed by atoms with Crippen molar-refractivity contribution in [2.75, 3.05) is 7.11 Å². The van der Waals surface area contributed by atoms with E-state index in [2.05, 4.69) is 5.32 Å². The molecule has 0 unspecified atom stereocenters. The minimum absolute atomic E-state index is 0.0131. The van der Waals surface area contributed by atoms with E-state index in [0.29, 0.717) is 25.8 Å². The summed E-state index contributed by atoms with van der Waals surface area (Å²) in [6, 6.07) is 17.2. The molecule has 2 amide bonds. The lowest BCUT2D eigenvalue weighted by Gasteiger charge is -2.31. The number of carbonyl (C=O) groups excluding carboxylic acids is 2. The van der Waals surface area contributed by atoms with Crippen molar-refractivity contribution in [1.82, 2.24) is 10.2 Å². The first-order chi connectivity index (χ1) is 14.5. The first-order valence-corrected chi connectivity index (χ1v) is 10.7. The summed E-state index contributed by atoms with van der Waals surface area (Å²) < 4.78 is 5.23. The molecule has 2 atom stereocenters. The number of aryl methyl sites for hydroxylation is 1. The van der Waals surface area contributed by atoms with Crippen molar-refractivity contribution in [1.29, 1.82) is 0 Å². The summed E-state index contributed by atoms with van der Waals surface area (Å²) in [4.78, 5) is 27.9. The van der Waals surface area contributed by atoms with Gasteiger partial charge in [0.25, 0.3) is 0 Å². The normalized spacial score (nSPS) is 12.7. The Hall–Kier alpha value is -2.82. The Balaban J connectivity index is 2.19. The molecule has 162 valence electrons. The van der Waals surface area contributed by atoms with E-state index in [9.17, 15) is 9.59 Å². The topological polar surface area (TPSA) is 58.6 Å². The second-order valence-corrected chi connectivity index (χ2v) is 7.60. The molecule has 0 aliphatic rings. The number of nitrogens with one attached hydrogen (secondary N) is 1. The van der Waals surface area contributed by atoms with E-state index >= 15 is 0 Å². The van der Waals surface area contributed by atoms with Gasteiger partial charge in [0.05, 0.1) is 7.11 Å². The summed E-state index contributed by atoms with van der Waals surface area (Å²) in [6.07, 6.45) is 2.44. The number of nitrogens with zero attached hydrogens (tertiary/aromatic N) is 1. The highest BCUT2D eigenvalue weighted by atomic mass is 16.5. The van der Waals surface area contributed by atoms with Crippen LogP contribution in [0.3, 0.4) is 0 Å². The predicted molar refractivity (Wildman–Crippen MR) is 120 cm³/mol. The summed E-state index contributed by atoms with van der Waals surface area (Å²) in [5.41, 5.74) is 2.09. The average molecular weight is 411 g/mol. The number of ether oxygens (including phenoxy) is 1. The molecule has 0 spiro atoms. The van der Waals surface area contributed by atoms with E-state index in [1.807, 2.05) is 75.4 Å². The highest BCUT2D eigenvalue weighted by Gasteiger charge is 2.29. The van der Waals surface area contributed by atoms with Crippen LogP contribution in [0.15, 0.2) is 54.6 Å². The smallest absolute Gasteiger partial charge is 0.243 e. The van der Waals surface area contributed by atoms with Crippen LogP contribution in [0.1, 0.15) is 51.2 Å². The van der Waals surface area contributed by atoms with Crippen LogP contribution >= 0.6 is 0 Å². The standard InChI is InChI=1S/C25H34N2O3/c1-5-19(3)26-25(29)23(6-2)27(18-21-12-15-22(30-4)16-13-21)24(28)17-14-20-10-8-7-9-11-20/h7-13,15-16,19,23H,5-6,14,17-18H2,1-4H3,(H,26,29)/t19-,23-/m1/s1. The minimum atomic E-state index is -0.496. The molecule has 5 heteroatoms. The molecule has 0 aliphatic heterocycles. The molecule has 5 nitrogen and oxygen atoms in total. The van der Waals surface area contributed by atoms with Crippen molar-refractivity contribution >= 4 is 11.8 Å².